The molecule has 4 aliphatic rings. The molecule has 0 aromatic carbocycles. The minimum atomic E-state index is -0.508. The van der Waals surface area contributed by atoms with Crippen LogP contribution in [0, 0.1) is 46.3 Å². The summed E-state index contributed by atoms with van der Waals surface area (Å²) in [5, 5.41) is 31.8. The van der Waals surface area contributed by atoms with Crippen molar-refractivity contribution in [3.05, 3.63) is 23.3 Å². The van der Waals surface area contributed by atoms with Crippen LogP contribution < -0.4 is 0 Å². The lowest BCUT2D eigenvalue weighted by molar-refractivity contribution is -0.100. The Morgan fingerprint density at radius 1 is 0.941 bits per heavy atom. The smallest absolute Gasteiger partial charge is 0.0689 e. The lowest BCUT2D eigenvalue weighted by atomic mass is 9.48. The van der Waals surface area contributed by atoms with Crippen molar-refractivity contribution in [3.8, 4) is 0 Å². The van der Waals surface area contributed by atoms with Gasteiger partial charge < -0.3 is 15.3 Å². The largest absolute Gasteiger partial charge is 0.396 e. The summed E-state index contributed by atoms with van der Waals surface area (Å²) in [6.45, 7) is 12.3. The number of hydrogen-bond acceptors (Lipinski definition) is 3. The fourth-order valence-electron chi connectivity index (χ4n) is 9.06. The lowest BCUT2D eigenvalue weighted by Gasteiger charge is -2.58. The van der Waals surface area contributed by atoms with E-state index >= 15 is 0 Å². The molecule has 3 saturated carbocycles. The summed E-state index contributed by atoms with van der Waals surface area (Å²) in [7, 11) is 0. The van der Waals surface area contributed by atoms with Crippen molar-refractivity contribution in [2.24, 2.45) is 46.3 Å². The second-order valence-corrected chi connectivity index (χ2v) is 13.4. The van der Waals surface area contributed by atoms with Crippen LogP contribution in [0.2, 0.25) is 0 Å². The van der Waals surface area contributed by atoms with Crippen LogP contribution in [0.4, 0.5) is 0 Å². The van der Waals surface area contributed by atoms with Gasteiger partial charge in [-0.1, -0.05) is 83.6 Å². The van der Waals surface area contributed by atoms with Crippen LogP contribution in [-0.4, -0.2) is 34.1 Å². The Hall–Kier alpha value is -0.640. The van der Waals surface area contributed by atoms with E-state index in [1.165, 1.54) is 50.5 Å². The molecule has 9 atom stereocenters. The second-order valence-electron chi connectivity index (χ2n) is 13.4. The molecule has 0 heterocycles. The van der Waals surface area contributed by atoms with Gasteiger partial charge in [-0.3, -0.25) is 0 Å². The molecule has 34 heavy (non-hydrogen) atoms. The second kappa shape index (κ2) is 10.4. The molecular formula is C31H52O3. The average Bonchev–Trinajstić information content (AvgIpc) is 3.14. The minimum absolute atomic E-state index is 0.0846. The summed E-state index contributed by atoms with van der Waals surface area (Å²) in [4.78, 5) is 0. The Kier molecular flexibility index (Phi) is 8.07. The Bertz CT molecular complexity index is 769. The highest BCUT2D eigenvalue weighted by Gasteiger charge is 2.60. The Morgan fingerprint density at radius 3 is 2.41 bits per heavy atom. The number of fused-ring (bicyclic) bond motifs is 5. The first-order chi connectivity index (χ1) is 16.1. The van der Waals surface area contributed by atoms with Gasteiger partial charge in [0.25, 0.3) is 0 Å². The van der Waals surface area contributed by atoms with Gasteiger partial charge in [-0.25, -0.2) is 0 Å². The van der Waals surface area contributed by atoms with E-state index in [-0.39, 0.29) is 17.9 Å². The van der Waals surface area contributed by atoms with Gasteiger partial charge in [0.1, 0.15) is 0 Å². The van der Waals surface area contributed by atoms with Crippen molar-refractivity contribution in [3.63, 3.8) is 0 Å². The van der Waals surface area contributed by atoms with Gasteiger partial charge in [0.15, 0.2) is 0 Å². The van der Waals surface area contributed by atoms with Crippen molar-refractivity contribution in [2.45, 2.75) is 117 Å². The van der Waals surface area contributed by atoms with Gasteiger partial charge in [0.2, 0.25) is 0 Å². The van der Waals surface area contributed by atoms with Crippen LogP contribution >= 0.6 is 0 Å². The molecule has 4 rings (SSSR count). The molecule has 0 aromatic heterocycles. The van der Waals surface area contributed by atoms with Crippen molar-refractivity contribution in [2.75, 3.05) is 6.61 Å². The zero-order valence-electron chi connectivity index (χ0n) is 22.6. The third-order valence-electron chi connectivity index (χ3n) is 11.1. The number of allylic oxidation sites excluding steroid dienone is 3. The Morgan fingerprint density at radius 2 is 1.71 bits per heavy atom. The van der Waals surface area contributed by atoms with Crippen LogP contribution in [0.1, 0.15) is 105 Å². The van der Waals surface area contributed by atoms with Crippen LogP contribution in [0.15, 0.2) is 23.3 Å². The van der Waals surface area contributed by atoms with Crippen molar-refractivity contribution in [1.82, 2.24) is 0 Å². The first-order valence-electron chi connectivity index (χ1n) is 14.5. The van der Waals surface area contributed by atoms with Gasteiger partial charge in [0.05, 0.1) is 12.2 Å². The molecular weight excluding hydrogens is 420 g/mol. The van der Waals surface area contributed by atoms with E-state index in [4.69, 9.17) is 0 Å². The van der Waals surface area contributed by atoms with Gasteiger partial charge in [-0.15, -0.1) is 0 Å². The van der Waals surface area contributed by atoms with Crippen LogP contribution in [0.25, 0.3) is 0 Å². The maximum Gasteiger partial charge on any atom is 0.0689 e. The molecule has 0 aliphatic heterocycles. The predicted octanol–water partition coefficient (Wildman–Crippen LogP) is 6.67. The molecule has 0 radical (unpaired) electrons. The Balaban J connectivity index is 1.54. The van der Waals surface area contributed by atoms with Crippen LogP contribution in [-0.2, 0) is 0 Å². The molecule has 3 N–H and O–H groups in total. The summed E-state index contributed by atoms with van der Waals surface area (Å²) in [6, 6.07) is 0. The molecule has 0 amide bonds. The van der Waals surface area contributed by atoms with Gasteiger partial charge >= 0.3 is 0 Å². The molecule has 3 heteroatoms. The highest BCUT2D eigenvalue weighted by atomic mass is 16.3. The fourth-order valence-corrected chi connectivity index (χ4v) is 9.06. The van der Waals surface area contributed by atoms with E-state index in [9.17, 15) is 15.3 Å². The third kappa shape index (κ3) is 4.48. The quantitative estimate of drug-likeness (QED) is 0.328. The number of rotatable bonds is 9. The topological polar surface area (TPSA) is 60.7 Å². The van der Waals surface area contributed by atoms with Crippen molar-refractivity contribution in [1.29, 1.82) is 0 Å². The van der Waals surface area contributed by atoms with E-state index in [2.05, 4.69) is 46.8 Å². The van der Waals surface area contributed by atoms with E-state index < -0.39 is 12.2 Å². The molecule has 0 saturated heterocycles. The molecule has 3 fully saturated rings. The maximum absolute atomic E-state index is 11.7. The summed E-state index contributed by atoms with van der Waals surface area (Å²) < 4.78 is 0. The van der Waals surface area contributed by atoms with E-state index in [0.717, 1.165) is 37.0 Å². The normalized spacial score (nSPS) is 42.5. The molecule has 4 aliphatic carbocycles. The minimum Gasteiger partial charge on any atom is -0.396 e. The lowest BCUT2D eigenvalue weighted by Crippen LogP contribution is -2.56. The molecule has 3 nitrogen and oxygen atoms in total. The van der Waals surface area contributed by atoms with Gasteiger partial charge in [-0.2, -0.15) is 0 Å². The third-order valence-corrected chi connectivity index (χ3v) is 11.1. The van der Waals surface area contributed by atoms with Crippen molar-refractivity contribution >= 4 is 0 Å². The summed E-state index contributed by atoms with van der Waals surface area (Å²) in [5.41, 5.74) is 3.01. The average molecular weight is 473 g/mol. The number of unbranched alkanes of at least 4 members (excludes halogenated alkanes) is 1. The van der Waals surface area contributed by atoms with E-state index in [1.54, 1.807) is 5.57 Å². The molecule has 0 spiro atoms. The predicted molar refractivity (Wildman–Crippen MR) is 140 cm³/mol. The monoisotopic (exact) mass is 472 g/mol. The van der Waals surface area contributed by atoms with Crippen LogP contribution in [0.3, 0.4) is 0 Å². The molecule has 194 valence electrons. The van der Waals surface area contributed by atoms with E-state index in [0.29, 0.717) is 23.7 Å². The molecule has 0 aromatic rings. The summed E-state index contributed by atoms with van der Waals surface area (Å²) >= 11 is 0. The number of hydrogen-bond donors (Lipinski definition) is 3. The molecule has 0 unspecified atom stereocenters. The zero-order valence-corrected chi connectivity index (χ0v) is 22.6. The Labute approximate surface area is 209 Å². The zero-order chi connectivity index (χ0) is 24.7. The highest BCUT2D eigenvalue weighted by Crippen LogP contribution is 2.66. The fraction of sp³-hybridized carbons (Fsp3) is 0.871. The van der Waals surface area contributed by atoms with E-state index in [1.807, 2.05) is 0 Å². The SMILES string of the molecule is CC(C)CCC[C@@H](C)[C@H]1CC[C@H]2C3=CC=C4C[C@@H](O)[C@H](CCCCO)[C@H](O)[C@]4(C)[C@H]3CC[C@]12C. The number of aliphatic hydroxyl groups is 3. The first-order valence-corrected chi connectivity index (χ1v) is 14.5. The van der Waals surface area contributed by atoms with Gasteiger partial charge in [0, 0.05) is 17.9 Å². The van der Waals surface area contributed by atoms with Gasteiger partial charge in [-0.05, 0) is 80.0 Å². The summed E-state index contributed by atoms with van der Waals surface area (Å²) in [6.07, 6.45) is 16.0. The molecule has 0 bridgehead atoms. The van der Waals surface area contributed by atoms with Crippen LogP contribution in [0.5, 0.6) is 0 Å². The maximum atomic E-state index is 11.7. The summed E-state index contributed by atoms with van der Waals surface area (Å²) in [5.74, 6) is 3.38. The van der Waals surface area contributed by atoms with Crippen molar-refractivity contribution < 1.29 is 15.3 Å². The highest BCUT2D eigenvalue weighted by molar-refractivity contribution is 5.40. The standard InChI is InChI=1S/C31H52O3/c1-20(2)9-8-10-21(3)25-14-15-26-23-13-12-22-19-28(33)24(11-6-7-18-32)29(34)31(22,5)27(23)16-17-30(25,26)4/h12-13,20-21,24-29,32-34H,6-11,14-19H2,1-5H3/t21-,24+,25-,26+,27+,28-,29+,30-,31+/m1/s1. The number of aliphatic hydroxyl groups excluding tert-OH is 3. The first kappa shape index (κ1) is 26.4.